The van der Waals surface area contributed by atoms with E-state index in [2.05, 4.69) is 4.52 Å². The van der Waals surface area contributed by atoms with Gasteiger partial charge in [-0.3, -0.25) is 18.9 Å². The zero-order chi connectivity index (χ0) is 17.4. The number of aliphatic hydroxyl groups excluding tert-OH is 2. The number of nitrogens with one attached hydrogen (secondary N) is 1. The highest BCUT2D eigenvalue weighted by molar-refractivity contribution is 7.46. The topological polar surface area (TPSA) is 171 Å². The molecule has 1 saturated heterocycles. The van der Waals surface area contributed by atoms with Crippen molar-refractivity contribution in [3.8, 4) is 0 Å². The molecule has 23 heavy (non-hydrogen) atoms. The molecule has 2 heterocycles. The molecule has 0 saturated carbocycles. The van der Waals surface area contributed by atoms with Gasteiger partial charge in [0.15, 0.2) is 0 Å². The van der Waals surface area contributed by atoms with Gasteiger partial charge in [0.1, 0.15) is 18.4 Å². The SMILES string of the molecule is O=c1[nH]c(=O)n([C@H]2C[C@H](O)[C@@H](C(CO)OP(=O)(O)O)O2)cc1F. The summed E-state index contributed by atoms with van der Waals surface area (Å²) in [6, 6.07) is 0. The average Bonchev–Trinajstić information content (AvgIpc) is 2.81. The number of aromatic amines is 1. The van der Waals surface area contributed by atoms with Gasteiger partial charge in [0.05, 0.1) is 18.9 Å². The number of nitrogens with zero attached hydrogens (tertiary/aromatic N) is 1. The number of phosphoric ester groups is 1. The highest BCUT2D eigenvalue weighted by Crippen LogP contribution is 2.41. The van der Waals surface area contributed by atoms with Crippen molar-refractivity contribution in [3.05, 3.63) is 32.9 Å². The first-order chi connectivity index (χ1) is 10.6. The summed E-state index contributed by atoms with van der Waals surface area (Å²) in [7, 11) is -4.96. The number of hydrogen-bond donors (Lipinski definition) is 5. The van der Waals surface area contributed by atoms with Gasteiger partial charge in [-0.1, -0.05) is 0 Å². The highest BCUT2D eigenvalue weighted by Gasteiger charge is 2.43. The van der Waals surface area contributed by atoms with Crippen LogP contribution in [-0.2, 0) is 13.8 Å². The van der Waals surface area contributed by atoms with Gasteiger partial charge >= 0.3 is 13.5 Å². The fraction of sp³-hybridized carbons (Fsp3) is 0.600. The standard InChI is InChI=1S/C10H14FN2O9P/c11-4-2-13(10(17)12-9(4)16)7-1-5(15)8(21-7)6(3-14)22-23(18,19)20/h2,5-8,14-15H,1,3H2,(H,12,16,17)(H2,18,19,20)/t5-,6?,7+,8-/m0/s1. The summed E-state index contributed by atoms with van der Waals surface area (Å²) in [4.78, 5) is 41.8. The summed E-state index contributed by atoms with van der Waals surface area (Å²) < 4.78 is 34.3. The molecule has 0 radical (unpaired) electrons. The minimum atomic E-state index is -4.96. The Bertz CT molecular complexity index is 728. The van der Waals surface area contributed by atoms with Gasteiger partial charge in [0.2, 0.25) is 5.82 Å². The number of hydrogen-bond acceptors (Lipinski definition) is 7. The molecule has 1 fully saturated rings. The van der Waals surface area contributed by atoms with E-state index < -0.39 is 56.0 Å². The number of aliphatic hydroxyl groups is 2. The van der Waals surface area contributed by atoms with Crippen molar-refractivity contribution in [2.45, 2.75) is 31.0 Å². The number of halogens is 1. The number of rotatable bonds is 5. The number of ether oxygens (including phenoxy) is 1. The summed E-state index contributed by atoms with van der Waals surface area (Å²) >= 11 is 0. The van der Waals surface area contributed by atoms with Crippen LogP contribution in [0.3, 0.4) is 0 Å². The van der Waals surface area contributed by atoms with Gasteiger partial charge < -0.3 is 24.7 Å². The predicted molar refractivity (Wildman–Crippen MR) is 69.8 cm³/mol. The third-order valence-corrected chi connectivity index (χ3v) is 3.74. The Morgan fingerprint density at radius 3 is 2.74 bits per heavy atom. The molecule has 13 heteroatoms. The molecule has 1 unspecified atom stereocenters. The molecule has 4 atom stereocenters. The van der Waals surface area contributed by atoms with E-state index in [9.17, 15) is 23.7 Å². The van der Waals surface area contributed by atoms with Crippen molar-refractivity contribution >= 4 is 7.82 Å². The molecule has 0 spiro atoms. The van der Waals surface area contributed by atoms with Crippen molar-refractivity contribution in [2.24, 2.45) is 0 Å². The Labute approximate surface area is 127 Å². The Hall–Kier alpha value is -1.40. The number of phosphoric acid groups is 1. The molecule has 1 aliphatic heterocycles. The lowest BCUT2D eigenvalue weighted by molar-refractivity contribution is -0.0937. The highest BCUT2D eigenvalue weighted by atomic mass is 31.2. The molecule has 11 nitrogen and oxygen atoms in total. The van der Waals surface area contributed by atoms with Crippen molar-refractivity contribution < 1.29 is 38.2 Å². The molecule has 5 N–H and O–H groups in total. The van der Waals surface area contributed by atoms with Crippen LogP contribution in [-0.4, -0.2) is 54.5 Å². The molecular formula is C10H14FN2O9P. The second-order valence-corrected chi connectivity index (χ2v) is 6.01. The maximum absolute atomic E-state index is 13.3. The summed E-state index contributed by atoms with van der Waals surface area (Å²) in [5, 5.41) is 19.0. The Balaban J connectivity index is 2.24. The van der Waals surface area contributed by atoms with E-state index in [-0.39, 0.29) is 6.42 Å². The summed E-state index contributed by atoms with van der Waals surface area (Å²) in [5.41, 5.74) is -2.22. The maximum Gasteiger partial charge on any atom is 0.470 e. The third-order valence-electron chi connectivity index (χ3n) is 3.19. The van der Waals surface area contributed by atoms with E-state index in [1.807, 2.05) is 0 Å². The molecule has 0 aromatic carbocycles. The average molecular weight is 356 g/mol. The fourth-order valence-corrected chi connectivity index (χ4v) is 2.77. The molecule has 0 bridgehead atoms. The van der Waals surface area contributed by atoms with Crippen LogP contribution in [0.4, 0.5) is 4.39 Å². The lowest BCUT2D eigenvalue weighted by Crippen LogP contribution is -2.39. The minimum Gasteiger partial charge on any atom is -0.394 e. The first-order valence-corrected chi connectivity index (χ1v) is 7.84. The molecule has 0 aliphatic carbocycles. The van der Waals surface area contributed by atoms with E-state index in [0.717, 1.165) is 0 Å². The molecular weight excluding hydrogens is 342 g/mol. The zero-order valence-corrected chi connectivity index (χ0v) is 12.3. The largest absolute Gasteiger partial charge is 0.470 e. The van der Waals surface area contributed by atoms with Crippen molar-refractivity contribution in [2.75, 3.05) is 6.61 Å². The first-order valence-electron chi connectivity index (χ1n) is 6.31. The van der Waals surface area contributed by atoms with Crippen molar-refractivity contribution in [1.29, 1.82) is 0 Å². The Morgan fingerprint density at radius 1 is 1.52 bits per heavy atom. The fourth-order valence-electron chi connectivity index (χ4n) is 2.23. The molecule has 2 rings (SSSR count). The van der Waals surface area contributed by atoms with E-state index in [4.69, 9.17) is 19.6 Å². The van der Waals surface area contributed by atoms with Crippen LogP contribution in [0.5, 0.6) is 0 Å². The molecule has 130 valence electrons. The Kier molecular flexibility index (Phi) is 5.16. The number of H-pyrrole nitrogens is 1. The predicted octanol–water partition coefficient (Wildman–Crippen LogP) is -2.21. The van der Waals surface area contributed by atoms with Gasteiger partial charge in [-0.25, -0.2) is 9.36 Å². The van der Waals surface area contributed by atoms with Gasteiger partial charge in [0.25, 0.3) is 5.56 Å². The van der Waals surface area contributed by atoms with Crippen LogP contribution in [0.1, 0.15) is 12.6 Å². The Morgan fingerprint density at radius 2 is 2.17 bits per heavy atom. The molecule has 1 aliphatic rings. The van der Waals surface area contributed by atoms with Crippen molar-refractivity contribution in [3.63, 3.8) is 0 Å². The van der Waals surface area contributed by atoms with Crippen LogP contribution in [0.2, 0.25) is 0 Å². The van der Waals surface area contributed by atoms with Crippen LogP contribution in [0, 0.1) is 5.82 Å². The van der Waals surface area contributed by atoms with Crippen LogP contribution in [0.15, 0.2) is 15.8 Å². The monoisotopic (exact) mass is 356 g/mol. The van der Waals surface area contributed by atoms with Crippen molar-refractivity contribution in [1.82, 2.24) is 9.55 Å². The van der Waals surface area contributed by atoms with Gasteiger partial charge in [0, 0.05) is 6.42 Å². The van der Waals surface area contributed by atoms with E-state index in [1.54, 1.807) is 4.98 Å². The molecule has 1 aromatic heterocycles. The summed E-state index contributed by atoms with van der Waals surface area (Å²) in [5.74, 6) is -1.25. The van der Waals surface area contributed by atoms with Gasteiger partial charge in [-0.2, -0.15) is 4.39 Å². The second kappa shape index (κ2) is 6.61. The molecule has 1 aromatic rings. The summed E-state index contributed by atoms with van der Waals surface area (Å²) in [6.07, 6.45) is -5.19. The van der Waals surface area contributed by atoms with Crippen LogP contribution >= 0.6 is 7.82 Å². The second-order valence-electron chi connectivity index (χ2n) is 4.82. The maximum atomic E-state index is 13.3. The van der Waals surface area contributed by atoms with Gasteiger partial charge in [-0.05, 0) is 0 Å². The minimum absolute atomic E-state index is 0.253. The van der Waals surface area contributed by atoms with E-state index >= 15 is 0 Å². The van der Waals surface area contributed by atoms with E-state index in [1.165, 1.54) is 0 Å². The normalized spacial score (nSPS) is 26.4. The van der Waals surface area contributed by atoms with E-state index in [0.29, 0.717) is 10.8 Å². The zero-order valence-electron chi connectivity index (χ0n) is 11.4. The lowest BCUT2D eigenvalue weighted by Gasteiger charge is -2.24. The van der Waals surface area contributed by atoms with Gasteiger partial charge in [-0.15, -0.1) is 0 Å². The quantitative estimate of drug-likeness (QED) is 0.367. The van der Waals surface area contributed by atoms with Crippen LogP contribution < -0.4 is 11.2 Å². The third kappa shape index (κ3) is 4.12. The van der Waals surface area contributed by atoms with Crippen LogP contribution in [0.25, 0.3) is 0 Å². The summed E-state index contributed by atoms with van der Waals surface area (Å²) in [6.45, 7) is -0.881. The molecule has 0 amide bonds. The lowest BCUT2D eigenvalue weighted by atomic mass is 10.1. The smallest absolute Gasteiger partial charge is 0.394 e. The number of aromatic nitrogens is 2. The first kappa shape index (κ1) is 17.9.